The van der Waals surface area contributed by atoms with Crippen LogP contribution in [0.3, 0.4) is 0 Å². The fourth-order valence-corrected chi connectivity index (χ4v) is 7.75. The molecular formula is C44H31N3O. The lowest BCUT2D eigenvalue weighted by atomic mass is 9.80. The zero-order valence-corrected chi connectivity index (χ0v) is 26.7. The van der Waals surface area contributed by atoms with Gasteiger partial charge in [-0.3, -0.25) is 4.98 Å². The van der Waals surface area contributed by atoms with Crippen LogP contribution in [0, 0.1) is 0 Å². The average Bonchev–Trinajstić information content (AvgIpc) is 3.84. The van der Waals surface area contributed by atoms with Gasteiger partial charge in [-0.15, -0.1) is 0 Å². The Hall–Kier alpha value is -6.13. The summed E-state index contributed by atoms with van der Waals surface area (Å²) in [4.78, 5) is 5.34. The molecule has 5 aromatic carbocycles. The Balaban J connectivity index is 1.10. The molecule has 0 aliphatic heterocycles. The molecule has 228 valence electrons. The molecule has 0 saturated heterocycles. The third-order valence-electron chi connectivity index (χ3n) is 10.3. The van der Waals surface area contributed by atoms with Crippen molar-refractivity contribution in [3.05, 3.63) is 163 Å². The van der Waals surface area contributed by atoms with Gasteiger partial charge >= 0.3 is 0 Å². The van der Waals surface area contributed by atoms with Crippen LogP contribution in [0.25, 0.3) is 76.9 Å². The van der Waals surface area contributed by atoms with Crippen LogP contribution >= 0.6 is 0 Å². The molecule has 10 rings (SSSR count). The molecule has 0 radical (unpaired) electrons. The normalized spacial score (nSPS) is 12.4. The molecule has 0 atom stereocenters. The highest BCUT2D eigenvalue weighted by molar-refractivity contribution is 6.17. The number of rotatable bonds is 4. The lowest BCUT2D eigenvalue weighted by Crippen LogP contribution is -2.21. The van der Waals surface area contributed by atoms with E-state index in [0.29, 0.717) is 0 Å². The Labute approximate surface area is 277 Å². The van der Waals surface area contributed by atoms with Gasteiger partial charge < -0.3 is 13.4 Å². The Bertz CT molecular complexity index is 2830. The van der Waals surface area contributed by atoms with E-state index >= 15 is 0 Å². The molecule has 10 aromatic rings. The minimum atomic E-state index is -0.357. The highest BCUT2D eigenvalue weighted by Crippen LogP contribution is 2.40. The van der Waals surface area contributed by atoms with Gasteiger partial charge in [0.05, 0.1) is 33.5 Å². The number of fused-ring (bicyclic) bond motifs is 10. The van der Waals surface area contributed by atoms with Crippen LogP contribution < -0.4 is 0 Å². The maximum atomic E-state index is 6.17. The van der Waals surface area contributed by atoms with E-state index < -0.39 is 0 Å². The van der Waals surface area contributed by atoms with E-state index in [9.17, 15) is 0 Å². The molecule has 0 unspecified atom stereocenters. The Morgan fingerprint density at radius 1 is 0.583 bits per heavy atom. The topological polar surface area (TPSA) is 35.4 Å². The zero-order valence-electron chi connectivity index (χ0n) is 26.7. The van der Waals surface area contributed by atoms with E-state index in [1.165, 1.54) is 49.2 Å². The summed E-state index contributed by atoms with van der Waals surface area (Å²) in [5, 5.41) is 7.21. The molecule has 0 fully saturated rings. The third-order valence-corrected chi connectivity index (χ3v) is 10.3. The second-order valence-corrected chi connectivity index (χ2v) is 13.3. The molecule has 0 aliphatic rings. The second kappa shape index (κ2) is 9.93. The Morgan fingerprint density at radius 2 is 1.29 bits per heavy atom. The second-order valence-electron chi connectivity index (χ2n) is 13.3. The van der Waals surface area contributed by atoms with E-state index in [4.69, 9.17) is 9.40 Å². The highest BCUT2D eigenvalue weighted by Gasteiger charge is 2.27. The summed E-state index contributed by atoms with van der Waals surface area (Å²) >= 11 is 0. The summed E-state index contributed by atoms with van der Waals surface area (Å²) in [5.41, 5.74) is 10.6. The molecule has 0 spiro atoms. The van der Waals surface area contributed by atoms with Crippen molar-refractivity contribution < 1.29 is 4.42 Å². The minimum absolute atomic E-state index is 0.357. The smallest absolute Gasteiger partial charge is 0.135 e. The number of furan rings is 1. The van der Waals surface area contributed by atoms with Crippen LogP contribution in [0.5, 0.6) is 0 Å². The van der Waals surface area contributed by atoms with Crippen molar-refractivity contribution >= 4 is 60.0 Å². The minimum Gasteiger partial charge on any atom is -0.464 e. The van der Waals surface area contributed by atoms with Gasteiger partial charge in [0.1, 0.15) is 11.8 Å². The van der Waals surface area contributed by atoms with Crippen LogP contribution in [0.15, 0.2) is 156 Å². The molecule has 0 bridgehead atoms. The summed E-state index contributed by atoms with van der Waals surface area (Å²) in [5.74, 6) is 0. The number of pyridine rings is 2. The average molecular weight is 618 g/mol. The number of aromatic nitrogens is 3. The van der Waals surface area contributed by atoms with Gasteiger partial charge in [0.2, 0.25) is 0 Å². The summed E-state index contributed by atoms with van der Waals surface area (Å²) in [7, 11) is 0. The largest absolute Gasteiger partial charge is 0.464 e. The molecule has 0 saturated carbocycles. The van der Waals surface area contributed by atoms with Gasteiger partial charge in [-0.05, 0) is 77.7 Å². The standard InChI is InChI=1S/C44H31N3O/c1-44(2,29-12-9-13-30(26-29)47-38-18-7-4-14-31(38)32-15-5-8-19-39(32)47)42-20-10-16-36(45-42)35-27-48-41-22-21-33-34(43(35)41)23-24-46-37-17-6-3-11-28(37)25-40(33)46/h3-27H,1-2H3. The first-order valence-electron chi connectivity index (χ1n) is 16.5. The van der Waals surface area contributed by atoms with Crippen molar-refractivity contribution in [2.45, 2.75) is 19.3 Å². The predicted octanol–water partition coefficient (Wildman–Crippen LogP) is 11.5. The SMILES string of the molecule is CC(C)(c1cccc(-n2c3ccccc3c3ccccc32)c1)c1cccc(-c2coc3ccc4c(ccn5c6ccccc6cc45)c23)n1. The number of hydrogen-bond donors (Lipinski definition) is 0. The van der Waals surface area contributed by atoms with E-state index in [2.05, 4.69) is 169 Å². The van der Waals surface area contributed by atoms with Crippen LogP contribution in [0.2, 0.25) is 0 Å². The van der Waals surface area contributed by atoms with Crippen molar-refractivity contribution in [3.8, 4) is 16.9 Å². The van der Waals surface area contributed by atoms with Crippen molar-refractivity contribution in [3.63, 3.8) is 0 Å². The van der Waals surface area contributed by atoms with Gasteiger partial charge in [0, 0.05) is 49.8 Å². The summed E-state index contributed by atoms with van der Waals surface area (Å²) in [6.07, 6.45) is 4.04. The van der Waals surface area contributed by atoms with Crippen LogP contribution in [0.4, 0.5) is 0 Å². The van der Waals surface area contributed by atoms with Crippen molar-refractivity contribution in [1.29, 1.82) is 0 Å². The molecule has 5 heterocycles. The monoisotopic (exact) mass is 617 g/mol. The van der Waals surface area contributed by atoms with Gasteiger partial charge in [-0.25, -0.2) is 0 Å². The van der Waals surface area contributed by atoms with Gasteiger partial charge in [-0.2, -0.15) is 0 Å². The van der Waals surface area contributed by atoms with Gasteiger partial charge in [0.15, 0.2) is 0 Å². The van der Waals surface area contributed by atoms with E-state index in [-0.39, 0.29) is 5.41 Å². The van der Waals surface area contributed by atoms with Crippen LogP contribution in [0.1, 0.15) is 25.1 Å². The number of hydrogen-bond acceptors (Lipinski definition) is 2. The molecule has 4 nitrogen and oxygen atoms in total. The Kier molecular flexibility index (Phi) is 5.59. The van der Waals surface area contributed by atoms with Gasteiger partial charge in [0.25, 0.3) is 0 Å². The molecule has 0 N–H and O–H groups in total. The lowest BCUT2D eigenvalue weighted by molar-refractivity contribution is 0.613. The first-order valence-corrected chi connectivity index (χ1v) is 16.5. The number of benzene rings is 5. The van der Waals surface area contributed by atoms with Crippen molar-refractivity contribution in [1.82, 2.24) is 14.0 Å². The lowest BCUT2D eigenvalue weighted by Gasteiger charge is -2.26. The number of nitrogens with zero attached hydrogens (tertiary/aromatic N) is 3. The zero-order chi connectivity index (χ0) is 32.0. The molecule has 0 amide bonds. The maximum Gasteiger partial charge on any atom is 0.135 e. The van der Waals surface area contributed by atoms with Crippen molar-refractivity contribution in [2.75, 3.05) is 0 Å². The van der Waals surface area contributed by atoms with E-state index in [0.717, 1.165) is 39.0 Å². The molecule has 0 aliphatic carbocycles. The summed E-state index contributed by atoms with van der Waals surface area (Å²) in [6, 6.07) is 49.9. The Morgan fingerprint density at radius 3 is 2.10 bits per heavy atom. The van der Waals surface area contributed by atoms with E-state index in [1.54, 1.807) is 0 Å². The molecule has 48 heavy (non-hydrogen) atoms. The number of para-hydroxylation sites is 3. The predicted molar refractivity (Wildman–Crippen MR) is 198 cm³/mol. The van der Waals surface area contributed by atoms with Gasteiger partial charge in [-0.1, -0.05) is 86.6 Å². The fraction of sp³-hybridized carbons (Fsp3) is 0.0682. The summed E-state index contributed by atoms with van der Waals surface area (Å²) < 4.78 is 10.8. The first kappa shape index (κ1) is 27.0. The van der Waals surface area contributed by atoms with E-state index in [1.807, 2.05) is 6.26 Å². The quantitative estimate of drug-likeness (QED) is 0.197. The fourth-order valence-electron chi connectivity index (χ4n) is 7.75. The molecule has 5 aromatic heterocycles. The van der Waals surface area contributed by atoms with Crippen LogP contribution in [-0.2, 0) is 5.41 Å². The summed E-state index contributed by atoms with van der Waals surface area (Å²) in [6.45, 7) is 4.53. The first-order chi connectivity index (χ1) is 23.6. The molecule has 4 heteroatoms. The van der Waals surface area contributed by atoms with Crippen molar-refractivity contribution in [2.24, 2.45) is 0 Å². The molecular weight excluding hydrogens is 587 g/mol. The highest BCUT2D eigenvalue weighted by atomic mass is 16.3. The van der Waals surface area contributed by atoms with Crippen LogP contribution in [-0.4, -0.2) is 14.0 Å². The third kappa shape index (κ3) is 3.80. The maximum absolute atomic E-state index is 6.17.